The molecule has 0 fully saturated rings. The quantitative estimate of drug-likeness (QED) is 0.394. The van der Waals surface area contributed by atoms with Gasteiger partial charge in [-0.2, -0.15) is 0 Å². The number of urea groups is 1. The van der Waals surface area contributed by atoms with Crippen LogP contribution in [-0.4, -0.2) is 17.6 Å². The predicted octanol–water partition coefficient (Wildman–Crippen LogP) is 6.75. The Morgan fingerprint density at radius 2 is 1.75 bits per heavy atom. The number of aryl methyl sites for hydroxylation is 1. The summed E-state index contributed by atoms with van der Waals surface area (Å²) in [6, 6.07) is 14.0. The Morgan fingerprint density at radius 3 is 2.54 bits per heavy atom. The fourth-order valence-corrected chi connectivity index (χ4v) is 4.20. The second kappa shape index (κ2) is 10.2. The van der Waals surface area contributed by atoms with Gasteiger partial charge >= 0.3 is 6.03 Å². The molecule has 0 aliphatic heterocycles. The van der Waals surface area contributed by atoms with Crippen molar-refractivity contribution in [2.45, 2.75) is 52.4 Å². The SMILES string of the molecule is CCCCCCCCNC(=O)Nc1ccc(-c2nc3ccc(C)cc3s2)cc1. The van der Waals surface area contributed by atoms with Crippen molar-refractivity contribution in [3.8, 4) is 10.6 Å². The molecule has 1 heterocycles. The fraction of sp³-hybridized carbons (Fsp3) is 0.391. The van der Waals surface area contributed by atoms with Crippen LogP contribution < -0.4 is 10.6 Å². The van der Waals surface area contributed by atoms with E-state index in [2.05, 4.69) is 42.7 Å². The number of hydrogen-bond acceptors (Lipinski definition) is 3. The number of carbonyl (C=O) groups is 1. The lowest BCUT2D eigenvalue weighted by Crippen LogP contribution is -2.29. The molecule has 2 amide bonds. The maximum atomic E-state index is 12.0. The third kappa shape index (κ3) is 5.80. The zero-order valence-corrected chi connectivity index (χ0v) is 17.6. The first kappa shape index (κ1) is 20.3. The molecular weight excluding hydrogens is 366 g/mol. The molecule has 0 atom stereocenters. The number of aromatic nitrogens is 1. The van der Waals surface area contributed by atoms with Crippen molar-refractivity contribution in [3.63, 3.8) is 0 Å². The standard InChI is InChI=1S/C23H29N3OS/c1-3-4-5-6-7-8-15-24-23(27)25-19-12-10-18(11-13-19)22-26-20-14-9-17(2)16-21(20)28-22/h9-14,16H,3-8,15H2,1-2H3,(H2,24,25,27). The van der Waals surface area contributed by atoms with E-state index in [4.69, 9.17) is 4.98 Å². The third-order valence-corrected chi connectivity index (χ3v) is 5.82. The second-order valence-electron chi connectivity index (χ2n) is 7.22. The summed E-state index contributed by atoms with van der Waals surface area (Å²) in [5, 5.41) is 6.83. The number of nitrogens with one attached hydrogen (secondary N) is 2. The Labute approximate surface area is 171 Å². The first-order chi connectivity index (χ1) is 13.7. The number of unbranched alkanes of at least 4 members (excludes halogenated alkanes) is 5. The number of benzene rings is 2. The third-order valence-electron chi connectivity index (χ3n) is 4.75. The van der Waals surface area contributed by atoms with Gasteiger partial charge in [0, 0.05) is 17.8 Å². The molecule has 0 saturated carbocycles. The summed E-state index contributed by atoms with van der Waals surface area (Å²) in [4.78, 5) is 16.7. The van der Waals surface area contributed by atoms with Gasteiger partial charge in [0.15, 0.2) is 0 Å². The number of anilines is 1. The molecule has 3 rings (SSSR count). The average Bonchev–Trinajstić information content (AvgIpc) is 3.11. The largest absolute Gasteiger partial charge is 0.338 e. The molecule has 0 radical (unpaired) electrons. The Kier molecular flexibility index (Phi) is 7.43. The van der Waals surface area contributed by atoms with Crippen molar-refractivity contribution >= 4 is 33.3 Å². The summed E-state index contributed by atoms with van der Waals surface area (Å²) in [7, 11) is 0. The predicted molar refractivity (Wildman–Crippen MR) is 120 cm³/mol. The molecule has 148 valence electrons. The van der Waals surface area contributed by atoms with Crippen LogP contribution in [0.4, 0.5) is 10.5 Å². The molecule has 28 heavy (non-hydrogen) atoms. The maximum Gasteiger partial charge on any atom is 0.319 e. The number of rotatable bonds is 9. The number of amides is 2. The second-order valence-corrected chi connectivity index (χ2v) is 8.25. The van der Waals surface area contributed by atoms with Crippen LogP contribution in [0.15, 0.2) is 42.5 Å². The highest BCUT2D eigenvalue weighted by atomic mass is 32.1. The van der Waals surface area contributed by atoms with Crippen LogP contribution in [0.3, 0.4) is 0 Å². The summed E-state index contributed by atoms with van der Waals surface area (Å²) >= 11 is 1.69. The molecule has 0 saturated heterocycles. The van der Waals surface area contributed by atoms with Gasteiger partial charge in [0.2, 0.25) is 0 Å². The lowest BCUT2D eigenvalue weighted by Gasteiger charge is -2.08. The summed E-state index contributed by atoms with van der Waals surface area (Å²) in [5.74, 6) is 0. The average molecular weight is 396 g/mol. The number of nitrogens with zero attached hydrogens (tertiary/aromatic N) is 1. The Hall–Kier alpha value is -2.40. The van der Waals surface area contributed by atoms with Gasteiger partial charge in [0.1, 0.15) is 5.01 Å². The van der Waals surface area contributed by atoms with Gasteiger partial charge in [-0.25, -0.2) is 9.78 Å². The first-order valence-electron chi connectivity index (χ1n) is 10.2. The van der Waals surface area contributed by atoms with Crippen LogP contribution in [0.1, 0.15) is 51.0 Å². The van der Waals surface area contributed by atoms with Gasteiger partial charge in [-0.3, -0.25) is 0 Å². The van der Waals surface area contributed by atoms with Gasteiger partial charge in [-0.15, -0.1) is 11.3 Å². The van der Waals surface area contributed by atoms with Crippen LogP contribution in [-0.2, 0) is 0 Å². The summed E-state index contributed by atoms with van der Waals surface area (Å²) < 4.78 is 1.20. The Bertz CT molecular complexity index is 902. The molecule has 0 spiro atoms. The molecule has 2 N–H and O–H groups in total. The molecule has 3 aromatic rings. The highest BCUT2D eigenvalue weighted by Crippen LogP contribution is 2.31. The smallest absolute Gasteiger partial charge is 0.319 e. The van der Waals surface area contributed by atoms with Crippen LogP contribution in [0, 0.1) is 6.92 Å². The van der Waals surface area contributed by atoms with Crippen molar-refractivity contribution in [1.82, 2.24) is 10.3 Å². The fourth-order valence-electron chi connectivity index (χ4n) is 3.13. The van der Waals surface area contributed by atoms with Gasteiger partial charge in [-0.1, -0.05) is 45.1 Å². The van der Waals surface area contributed by atoms with Gasteiger partial charge in [0.05, 0.1) is 10.2 Å². The molecule has 0 unspecified atom stereocenters. The molecule has 2 aromatic carbocycles. The van der Waals surface area contributed by atoms with E-state index in [1.807, 2.05) is 24.3 Å². The van der Waals surface area contributed by atoms with E-state index in [0.29, 0.717) is 0 Å². The van der Waals surface area contributed by atoms with Crippen molar-refractivity contribution in [2.75, 3.05) is 11.9 Å². The zero-order chi connectivity index (χ0) is 19.8. The molecule has 5 heteroatoms. The van der Waals surface area contributed by atoms with Crippen LogP contribution in [0.2, 0.25) is 0 Å². The first-order valence-corrected chi connectivity index (χ1v) is 11.0. The number of fused-ring (bicyclic) bond motifs is 1. The van der Waals surface area contributed by atoms with E-state index in [1.165, 1.54) is 42.4 Å². The minimum Gasteiger partial charge on any atom is -0.338 e. The topological polar surface area (TPSA) is 54.0 Å². The minimum absolute atomic E-state index is 0.142. The molecule has 4 nitrogen and oxygen atoms in total. The van der Waals surface area contributed by atoms with Crippen LogP contribution >= 0.6 is 11.3 Å². The minimum atomic E-state index is -0.142. The van der Waals surface area contributed by atoms with Crippen molar-refractivity contribution in [3.05, 3.63) is 48.0 Å². The number of thiazole rings is 1. The highest BCUT2D eigenvalue weighted by molar-refractivity contribution is 7.21. The van der Waals surface area contributed by atoms with E-state index in [-0.39, 0.29) is 6.03 Å². The van der Waals surface area contributed by atoms with Gasteiger partial charge in [0.25, 0.3) is 0 Å². The summed E-state index contributed by atoms with van der Waals surface area (Å²) in [5.41, 5.74) is 4.13. The molecule has 0 aliphatic carbocycles. The van der Waals surface area contributed by atoms with Gasteiger partial charge in [-0.05, 0) is 55.3 Å². The zero-order valence-electron chi connectivity index (χ0n) is 16.8. The van der Waals surface area contributed by atoms with Crippen LogP contribution in [0.5, 0.6) is 0 Å². The number of carbonyl (C=O) groups excluding carboxylic acids is 1. The van der Waals surface area contributed by atoms with E-state index in [1.54, 1.807) is 11.3 Å². The van der Waals surface area contributed by atoms with E-state index < -0.39 is 0 Å². The Morgan fingerprint density at radius 1 is 1.00 bits per heavy atom. The summed E-state index contributed by atoms with van der Waals surface area (Å²) in [6.45, 7) is 5.04. The lowest BCUT2D eigenvalue weighted by molar-refractivity contribution is 0.252. The molecule has 0 bridgehead atoms. The normalized spacial score (nSPS) is 10.9. The monoisotopic (exact) mass is 395 g/mol. The van der Waals surface area contributed by atoms with Crippen molar-refractivity contribution in [2.24, 2.45) is 0 Å². The van der Waals surface area contributed by atoms with E-state index >= 15 is 0 Å². The molecule has 0 aliphatic rings. The molecule has 1 aromatic heterocycles. The van der Waals surface area contributed by atoms with Crippen molar-refractivity contribution in [1.29, 1.82) is 0 Å². The van der Waals surface area contributed by atoms with E-state index in [9.17, 15) is 4.79 Å². The van der Waals surface area contributed by atoms with Crippen molar-refractivity contribution < 1.29 is 4.79 Å². The Balaban J connectivity index is 1.48. The lowest BCUT2D eigenvalue weighted by atomic mass is 10.1. The van der Waals surface area contributed by atoms with E-state index in [0.717, 1.165) is 34.7 Å². The highest BCUT2D eigenvalue weighted by Gasteiger charge is 2.07. The molecular formula is C23H29N3OS. The van der Waals surface area contributed by atoms with Gasteiger partial charge < -0.3 is 10.6 Å². The van der Waals surface area contributed by atoms with Crippen LogP contribution in [0.25, 0.3) is 20.8 Å². The summed E-state index contributed by atoms with van der Waals surface area (Å²) in [6.07, 6.45) is 7.33. The maximum absolute atomic E-state index is 12.0. The number of hydrogen-bond donors (Lipinski definition) is 2.